The molecule has 0 bridgehead atoms. The number of aliphatic hydroxyl groups excluding tert-OH is 7. The lowest BCUT2D eigenvalue weighted by Gasteiger charge is -2.49. The van der Waals surface area contributed by atoms with E-state index < -0.39 is 123 Å². The molecule has 0 unspecified atom stereocenters. The fourth-order valence-corrected chi connectivity index (χ4v) is 5.22. The Bertz CT molecular complexity index is 930. The molecule has 10 N–H and O–H groups in total. The van der Waals surface area contributed by atoms with Crippen LogP contribution in [-0.2, 0) is 38.1 Å². The highest BCUT2D eigenvalue weighted by molar-refractivity contribution is 5.74. The van der Waals surface area contributed by atoms with Crippen LogP contribution in [0.3, 0.4) is 0 Å². The second kappa shape index (κ2) is 15.1. The zero-order valence-corrected chi connectivity index (χ0v) is 23.3. The quantitative estimate of drug-likeness (QED) is 0.110. The maximum Gasteiger partial charge on any atom is 0.217 e. The number of aliphatic hydroxyl groups is 7. The molecule has 14 atom stereocenters. The van der Waals surface area contributed by atoms with Gasteiger partial charge in [-0.2, -0.15) is 0 Å². The fourth-order valence-electron chi connectivity index (χ4n) is 5.22. The Labute approximate surface area is 240 Å². The van der Waals surface area contributed by atoms with E-state index in [1.54, 1.807) is 0 Å². The van der Waals surface area contributed by atoms with E-state index in [-0.39, 0.29) is 6.61 Å². The van der Waals surface area contributed by atoms with Crippen LogP contribution in [0.1, 0.15) is 20.8 Å². The Morgan fingerprint density at radius 3 is 1.57 bits per heavy atom. The van der Waals surface area contributed by atoms with Crippen LogP contribution in [0.25, 0.3) is 0 Å². The van der Waals surface area contributed by atoms with Gasteiger partial charge in [0.05, 0.1) is 32.5 Å². The third kappa shape index (κ3) is 7.90. The van der Waals surface area contributed by atoms with Gasteiger partial charge in [-0.25, -0.2) is 0 Å². The molecule has 0 aromatic rings. The van der Waals surface area contributed by atoms with E-state index in [2.05, 4.69) is 16.0 Å². The van der Waals surface area contributed by atoms with Gasteiger partial charge in [0.1, 0.15) is 67.0 Å². The number of rotatable bonds is 10. The smallest absolute Gasteiger partial charge is 0.217 e. The van der Waals surface area contributed by atoms with Crippen molar-refractivity contribution in [3.63, 3.8) is 0 Å². The SMILES string of the molecule is CC(=O)N[C@H]1[C@H](O[C@H]2[C@H](O)[C@@H](NC(C)=O)CO[C@@H]2CO)O[C@H](CO)[C@@H](O[C@@H]2O[C@H](CO)[C@@H](O)[C@H](O)[C@H]2NC(C)=O)[C@@H]1O. The summed E-state index contributed by atoms with van der Waals surface area (Å²) in [5.74, 6) is -1.73. The van der Waals surface area contributed by atoms with Crippen LogP contribution in [-0.4, -0.2) is 166 Å². The summed E-state index contributed by atoms with van der Waals surface area (Å²) in [6, 6.07) is -3.73. The van der Waals surface area contributed by atoms with Gasteiger partial charge in [0.15, 0.2) is 12.6 Å². The molecule has 42 heavy (non-hydrogen) atoms. The molecule has 0 radical (unpaired) electrons. The molecule has 3 rings (SSSR count). The molecule has 3 fully saturated rings. The lowest BCUT2D eigenvalue weighted by Crippen LogP contribution is -2.70. The van der Waals surface area contributed by atoms with Gasteiger partial charge >= 0.3 is 0 Å². The molecular formula is C24H41N3O15. The molecule has 3 aliphatic rings. The van der Waals surface area contributed by atoms with E-state index in [0.717, 1.165) is 13.8 Å². The zero-order valence-electron chi connectivity index (χ0n) is 23.3. The fraction of sp³-hybridized carbons (Fsp3) is 0.875. The summed E-state index contributed by atoms with van der Waals surface area (Å²) >= 11 is 0. The molecule has 18 heteroatoms. The first-order valence-electron chi connectivity index (χ1n) is 13.4. The standard InChI is InChI=1S/C24H41N3O15/c1-8(31)25-11-7-38-13(5-29)21(17(11)34)41-24-16(27-10(3)33)20(37)22(14(6-30)40-24)42-23-15(26-9(2)32)19(36)18(35)12(4-28)39-23/h11-24,28-30,34-37H,4-7H2,1-3H3,(H,25,31)(H,26,32)(H,27,33)/t11-,12+,13+,14+,15+,16+,17+,18+,19+,20+,21+,22+,23-,24-/m0/s1. The summed E-state index contributed by atoms with van der Waals surface area (Å²) in [5.41, 5.74) is 0. The number of carbonyl (C=O) groups excluding carboxylic acids is 3. The highest BCUT2D eigenvalue weighted by Crippen LogP contribution is 2.31. The predicted molar refractivity (Wildman–Crippen MR) is 135 cm³/mol. The normalized spacial score (nSPS) is 42.4. The molecule has 0 aromatic carbocycles. The van der Waals surface area contributed by atoms with Crippen molar-refractivity contribution >= 4 is 17.7 Å². The summed E-state index contributed by atoms with van der Waals surface area (Å²) in [6.07, 6.45) is -16.2. The van der Waals surface area contributed by atoms with Crippen LogP contribution in [0.2, 0.25) is 0 Å². The van der Waals surface area contributed by atoms with Crippen molar-refractivity contribution in [1.29, 1.82) is 0 Å². The highest BCUT2D eigenvalue weighted by atomic mass is 16.7. The Balaban J connectivity index is 1.88. The van der Waals surface area contributed by atoms with Crippen LogP contribution in [0.4, 0.5) is 0 Å². The molecule has 3 amide bonds. The van der Waals surface area contributed by atoms with Crippen molar-refractivity contribution < 1.29 is 73.8 Å². The number of ether oxygens (including phenoxy) is 5. The minimum absolute atomic E-state index is 0.142. The Kier molecular flexibility index (Phi) is 12.4. The molecule has 0 aliphatic carbocycles. The lowest BCUT2D eigenvalue weighted by molar-refractivity contribution is -0.344. The van der Waals surface area contributed by atoms with Gasteiger partial charge < -0.3 is 75.4 Å². The van der Waals surface area contributed by atoms with Crippen LogP contribution in [0.15, 0.2) is 0 Å². The van der Waals surface area contributed by atoms with Crippen LogP contribution < -0.4 is 16.0 Å². The summed E-state index contributed by atoms with van der Waals surface area (Å²) in [5, 5.41) is 80.0. The third-order valence-electron chi connectivity index (χ3n) is 7.23. The Morgan fingerprint density at radius 2 is 1.10 bits per heavy atom. The van der Waals surface area contributed by atoms with E-state index in [0.29, 0.717) is 0 Å². The number of carbonyl (C=O) groups is 3. The second-order valence-corrected chi connectivity index (χ2v) is 10.4. The number of hydrogen-bond acceptors (Lipinski definition) is 15. The van der Waals surface area contributed by atoms with Gasteiger partial charge in [-0.3, -0.25) is 14.4 Å². The van der Waals surface area contributed by atoms with Crippen molar-refractivity contribution in [2.45, 2.75) is 106 Å². The Morgan fingerprint density at radius 1 is 0.643 bits per heavy atom. The maximum atomic E-state index is 12.1. The largest absolute Gasteiger partial charge is 0.394 e. The molecule has 3 saturated heterocycles. The van der Waals surface area contributed by atoms with Crippen LogP contribution in [0, 0.1) is 0 Å². The van der Waals surface area contributed by atoms with Crippen LogP contribution >= 0.6 is 0 Å². The summed E-state index contributed by atoms with van der Waals surface area (Å²) in [4.78, 5) is 35.5. The van der Waals surface area contributed by atoms with E-state index >= 15 is 0 Å². The monoisotopic (exact) mass is 611 g/mol. The average Bonchev–Trinajstić information content (AvgIpc) is 2.92. The van der Waals surface area contributed by atoms with Crippen LogP contribution in [0.5, 0.6) is 0 Å². The molecule has 3 heterocycles. The maximum absolute atomic E-state index is 12.1. The topological polar surface area (TPSA) is 275 Å². The van der Waals surface area contributed by atoms with Gasteiger partial charge in [0.2, 0.25) is 17.7 Å². The van der Waals surface area contributed by atoms with Gasteiger partial charge in [-0.05, 0) is 0 Å². The summed E-state index contributed by atoms with van der Waals surface area (Å²) < 4.78 is 28.7. The van der Waals surface area contributed by atoms with Crippen molar-refractivity contribution in [3.05, 3.63) is 0 Å². The minimum Gasteiger partial charge on any atom is -0.394 e. The van der Waals surface area contributed by atoms with Gasteiger partial charge in [0.25, 0.3) is 0 Å². The second-order valence-electron chi connectivity index (χ2n) is 10.4. The van der Waals surface area contributed by atoms with Crippen molar-refractivity contribution in [2.24, 2.45) is 0 Å². The first kappa shape index (κ1) is 34.4. The number of amides is 3. The molecule has 0 spiro atoms. The van der Waals surface area contributed by atoms with Gasteiger partial charge in [-0.1, -0.05) is 0 Å². The first-order chi connectivity index (χ1) is 19.8. The zero-order chi connectivity index (χ0) is 31.3. The lowest BCUT2D eigenvalue weighted by atomic mass is 9.94. The van der Waals surface area contributed by atoms with Crippen molar-refractivity contribution in [2.75, 3.05) is 26.4 Å². The molecule has 242 valence electrons. The molecule has 3 aliphatic heterocycles. The predicted octanol–water partition coefficient (Wildman–Crippen LogP) is -6.46. The third-order valence-corrected chi connectivity index (χ3v) is 7.23. The van der Waals surface area contributed by atoms with E-state index in [4.69, 9.17) is 23.7 Å². The average molecular weight is 612 g/mol. The van der Waals surface area contributed by atoms with E-state index in [1.807, 2.05) is 0 Å². The molecule has 0 saturated carbocycles. The van der Waals surface area contributed by atoms with E-state index in [9.17, 15) is 50.1 Å². The van der Waals surface area contributed by atoms with E-state index in [1.165, 1.54) is 6.92 Å². The highest BCUT2D eigenvalue weighted by Gasteiger charge is 2.53. The molecular weight excluding hydrogens is 570 g/mol. The summed E-state index contributed by atoms with van der Waals surface area (Å²) in [7, 11) is 0. The van der Waals surface area contributed by atoms with Gasteiger partial charge in [-0.15, -0.1) is 0 Å². The number of hydrogen-bond donors (Lipinski definition) is 10. The molecule has 0 aromatic heterocycles. The molecule has 18 nitrogen and oxygen atoms in total. The Hall–Kier alpha value is -2.07. The summed E-state index contributed by atoms with van der Waals surface area (Å²) in [6.45, 7) is 1.24. The van der Waals surface area contributed by atoms with Crippen molar-refractivity contribution in [1.82, 2.24) is 16.0 Å². The number of nitrogens with one attached hydrogen (secondary N) is 3. The first-order valence-corrected chi connectivity index (χ1v) is 13.4. The minimum atomic E-state index is -1.72. The van der Waals surface area contributed by atoms with Gasteiger partial charge in [0, 0.05) is 20.8 Å². The van der Waals surface area contributed by atoms with Crippen molar-refractivity contribution in [3.8, 4) is 0 Å².